The predicted molar refractivity (Wildman–Crippen MR) is 67.3 cm³/mol. The molecule has 1 atom stereocenters. The minimum Gasteiger partial charge on any atom is -0.390 e. The van der Waals surface area contributed by atoms with Crippen molar-refractivity contribution in [2.75, 3.05) is 0 Å². The Morgan fingerprint density at radius 1 is 1.25 bits per heavy atom. The monoisotopic (exact) mass is 284 g/mol. The third-order valence-electron chi connectivity index (χ3n) is 3.46. The molecule has 0 heterocycles. The molecule has 0 radical (unpaired) electrons. The lowest BCUT2D eigenvalue weighted by molar-refractivity contribution is -0.0689. The van der Waals surface area contributed by atoms with Gasteiger partial charge in [0.1, 0.15) is 0 Å². The maximum atomic E-state index is 10.2. The molecule has 1 aromatic rings. The maximum absolute atomic E-state index is 10.2. The molecule has 0 bridgehead atoms. The molecular weight excluding hydrogens is 268 g/mol. The van der Waals surface area contributed by atoms with Gasteiger partial charge in [-0.25, -0.2) is 0 Å². The first-order valence-corrected chi connectivity index (χ1v) is 6.55. The van der Waals surface area contributed by atoms with E-state index in [4.69, 9.17) is 0 Å². The van der Waals surface area contributed by atoms with Gasteiger partial charge in [-0.2, -0.15) is 0 Å². The number of aliphatic hydroxyl groups excluding tert-OH is 1. The summed E-state index contributed by atoms with van der Waals surface area (Å²) in [6, 6.07) is 7.84. The van der Waals surface area contributed by atoms with E-state index in [1.807, 2.05) is 24.3 Å². The molecule has 1 saturated carbocycles. The van der Waals surface area contributed by atoms with E-state index in [1.165, 1.54) is 0 Å². The van der Waals surface area contributed by atoms with Crippen LogP contribution in [0.1, 0.15) is 31.2 Å². The van der Waals surface area contributed by atoms with Crippen molar-refractivity contribution in [3.05, 3.63) is 34.3 Å². The van der Waals surface area contributed by atoms with E-state index in [9.17, 15) is 10.2 Å². The Kier molecular flexibility index (Phi) is 3.67. The topological polar surface area (TPSA) is 40.5 Å². The van der Waals surface area contributed by atoms with Crippen LogP contribution in [0.3, 0.4) is 0 Å². The van der Waals surface area contributed by atoms with Gasteiger partial charge in [-0.15, -0.1) is 0 Å². The van der Waals surface area contributed by atoms with Crippen molar-refractivity contribution in [2.45, 2.75) is 43.8 Å². The van der Waals surface area contributed by atoms with Gasteiger partial charge >= 0.3 is 0 Å². The fraction of sp³-hybridized carbons (Fsp3) is 0.538. The lowest BCUT2D eigenvalue weighted by atomic mass is 9.90. The highest BCUT2D eigenvalue weighted by Gasteiger charge is 2.38. The van der Waals surface area contributed by atoms with Gasteiger partial charge in [0.15, 0.2) is 0 Å². The summed E-state index contributed by atoms with van der Waals surface area (Å²) in [6.07, 6.45) is 3.33. The molecule has 0 aliphatic heterocycles. The average molecular weight is 285 g/mol. The van der Waals surface area contributed by atoms with E-state index in [-0.39, 0.29) is 0 Å². The molecule has 0 spiro atoms. The molecule has 1 aliphatic rings. The van der Waals surface area contributed by atoms with E-state index in [0.717, 1.165) is 35.7 Å². The van der Waals surface area contributed by atoms with Gasteiger partial charge < -0.3 is 10.2 Å². The first kappa shape index (κ1) is 12.1. The first-order valence-electron chi connectivity index (χ1n) is 5.76. The van der Waals surface area contributed by atoms with Crippen molar-refractivity contribution >= 4 is 15.9 Å². The van der Waals surface area contributed by atoms with Crippen LogP contribution < -0.4 is 0 Å². The largest absolute Gasteiger partial charge is 0.390 e. The number of hydrogen-bond acceptors (Lipinski definition) is 2. The fourth-order valence-corrected chi connectivity index (χ4v) is 2.83. The van der Waals surface area contributed by atoms with Crippen molar-refractivity contribution in [1.82, 2.24) is 0 Å². The zero-order valence-electron chi connectivity index (χ0n) is 9.19. The summed E-state index contributed by atoms with van der Waals surface area (Å²) in [5.74, 6) is 0. The summed E-state index contributed by atoms with van der Waals surface area (Å²) in [4.78, 5) is 0. The van der Waals surface area contributed by atoms with Crippen molar-refractivity contribution in [1.29, 1.82) is 0 Å². The van der Waals surface area contributed by atoms with Gasteiger partial charge in [0.05, 0.1) is 11.7 Å². The SMILES string of the molecule is OC(Cc1ccccc1Br)C1(O)CCCC1. The molecule has 0 aromatic heterocycles. The second-order valence-electron chi connectivity index (χ2n) is 4.62. The van der Waals surface area contributed by atoms with Crippen LogP contribution in [-0.4, -0.2) is 21.9 Å². The van der Waals surface area contributed by atoms with Crippen LogP contribution in [0.2, 0.25) is 0 Å². The molecule has 0 saturated heterocycles. The van der Waals surface area contributed by atoms with Gasteiger partial charge in [0.25, 0.3) is 0 Å². The smallest absolute Gasteiger partial charge is 0.0908 e. The van der Waals surface area contributed by atoms with Crippen LogP contribution >= 0.6 is 15.9 Å². The van der Waals surface area contributed by atoms with Gasteiger partial charge in [0.2, 0.25) is 0 Å². The Hall–Kier alpha value is -0.380. The first-order chi connectivity index (χ1) is 7.62. The molecule has 1 aromatic carbocycles. The normalized spacial score (nSPS) is 20.9. The van der Waals surface area contributed by atoms with E-state index in [0.29, 0.717) is 6.42 Å². The number of hydrogen-bond donors (Lipinski definition) is 2. The Labute approximate surface area is 104 Å². The lowest BCUT2D eigenvalue weighted by Crippen LogP contribution is -2.40. The van der Waals surface area contributed by atoms with Crippen molar-refractivity contribution in [2.24, 2.45) is 0 Å². The third kappa shape index (κ3) is 2.47. The van der Waals surface area contributed by atoms with Crippen LogP contribution in [0, 0.1) is 0 Å². The summed E-state index contributed by atoms with van der Waals surface area (Å²) >= 11 is 3.46. The van der Waals surface area contributed by atoms with E-state index >= 15 is 0 Å². The number of rotatable bonds is 3. The Morgan fingerprint density at radius 2 is 1.88 bits per heavy atom. The Balaban J connectivity index is 2.07. The fourth-order valence-electron chi connectivity index (χ4n) is 2.38. The van der Waals surface area contributed by atoms with E-state index in [2.05, 4.69) is 15.9 Å². The summed E-state index contributed by atoms with van der Waals surface area (Å²) in [7, 11) is 0. The molecule has 1 fully saturated rings. The zero-order valence-corrected chi connectivity index (χ0v) is 10.8. The van der Waals surface area contributed by atoms with Gasteiger partial charge in [-0.3, -0.25) is 0 Å². The highest BCUT2D eigenvalue weighted by Crippen LogP contribution is 2.34. The Morgan fingerprint density at radius 3 is 2.50 bits per heavy atom. The number of aliphatic hydroxyl groups is 2. The molecule has 1 aliphatic carbocycles. The van der Waals surface area contributed by atoms with Crippen molar-refractivity contribution < 1.29 is 10.2 Å². The van der Waals surface area contributed by atoms with Crippen molar-refractivity contribution in [3.63, 3.8) is 0 Å². The predicted octanol–water partition coefficient (Wildman–Crippen LogP) is 2.66. The molecule has 3 heteroatoms. The number of halogens is 1. The summed E-state index contributed by atoms with van der Waals surface area (Å²) in [5.41, 5.74) is 0.185. The molecule has 16 heavy (non-hydrogen) atoms. The zero-order chi connectivity index (χ0) is 11.6. The Bertz CT molecular complexity index is 359. The molecular formula is C13H17BrO2. The number of benzene rings is 1. The molecule has 0 amide bonds. The summed E-state index contributed by atoms with van der Waals surface area (Å²) < 4.78 is 0.996. The standard InChI is InChI=1S/C13H17BrO2/c14-11-6-2-1-5-10(11)9-12(15)13(16)7-3-4-8-13/h1-2,5-6,12,15-16H,3-4,7-9H2. The average Bonchev–Trinajstić information content (AvgIpc) is 2.70. The van der Waals surface area contributed by atoms with Crippen LogP contribution in [-0.2, 0) is 6.42 Å². The van der Waals surface area contributed by atoms with Gasteiger partial charge in [-0.1, -0.05) is 47.0 Å². The van der Waals surface area contributed by atoms with Crippen LogP contribution in [0.25, 0.3) is 0 Å². The van der Waals surface area contributed by atoms with Crippen LogP contribution in [0.15, 0.2) is 28.7 Å². The maximum Gasteiger partial charge on any atom is 0.0908 e. The summed E-state index contributed by atoms with van der Waals surface area (Å²) in [5, 5.41) is 20.4. The van der Waals surface area contributed by atoms with Crippen molar-refractivity contribution in [3.8, 4) is 0 Å². The quantitative estimate of drug-likeness (QED) is 0.896. The third-order valence-corrected chi connectivity index (χ3v) is 4.23. The molecule has 2 nitrogen and oxygen atoms in total. The van der Waals surface area contributed by atoms with E-state index in [1.54, 1.807) is 0 Å². The van der Waals surface area contributed by atoms with Crippen LogP contribution in [0.5, 0.6) is 0 Å². The highest BCUT2D eigenvalue weighted by molar-refractivity contribution is 9.10. The lowest BCUT2D eigenvalue weighted by Gasteiger charge is -2.28. The second kappa shape index (κ2) is 4.86. The van der Waals surface area contributed by atoms with Crippen LogP contribution in [0.4, 0.5) is 0 Å². The second-order valence-corrected chi connectivity index (χ2v) is 5.48. The minimum absolute atomic E-state index is 0.512. The van der Waals surface area contributed by atoms with Gasteiger partial charge in [-0.05, 0) is 24.5 Å². The van der Waals surface area contributed by atoms with E-state index < -0.39 is 11.7 Å². The molecule has 2 N–H and O–H groups in total. The summed E-state index contributed by atoms with van der Waals surface area (Å²) in [6.45, 7) is 0. The van der Waals surface area contributed by atoms with Gasteiger partial charge in [0, 0.05) is 10.9 Å². The molecule has 2 rings (SSSR count). The minimum atomic E-state index is -0.866. The molecule has 88 valence electrons. The highest BCUT2D eigenvalue weighted by atomic mass is 79.9. The molecule has 1 unspecified atom stereocenters.